The molecule has 0 bridgehead atoms. The Kier molecular flexibility index (Phi) is 12.4. The van der Waals surface area contributed by atoms with Crippen LogP contribution in [0.2, 0.25) is 0 Å². The van der Waals surface area contributed by atoms with Crippen LogP contribution in [0.5, 0.6) is 0 Å². The van der Waals surface area contributed by atoms with E-state index >= 15 is 0 Å². The molecule has 84 valence electrons. The predicted octanol–water partition coefficient (Wildman–Crippen LogP) is 4.61. The molecular weight excluding hydrogens is 170 g/mol. The lowest BCUT2D eigenvalue weighted by molar-refractivity contribution is 0.569. The second-order valence-corrected chi connectivity index (χ2v) is 4.06. The van der Waals surface area contributed by atoms with Crippen molar-refractivity contribution in [2.75, 3.05) is 7.05 Å². The molecule has 0 N–H and O–H groups in total. The van der Waals surface area contributed by atoms with Gasteiger partial charge in [0.2, 0.25) is 0 Å². The third kappa shape index (κ3) is 11.7. The summed E-state index contributed by atoms with van der Waals surface area (Å²) in [5.74, 6) is 0. The van der Waals surface area contributed by atoms with Gasteiger partial charge in [0.05, 0.1) is 0 Å². The Labute approximate surface area is 90.0 Å². The van der Waals surface area contributed by atoms with Gasteiger partial charge in [0.1, 0.15) is 0 Å². The third-order valence-corrected chi connectivity index (χ3v) is 2.62. The zero-order valence-electron chi connectivity index (χ0n) is 10.1. The van der Waals surface area contributed by atoms with Crippen molar-refractivity contribution in [3.05, 3.63) is 0 Å². The first-order chi connectivity index (χ1) is 6.91. The van der Waals surface area contributed by atoms with E-state index in [0.29, 0.717) is 0 Å². The lowest BCUT2D eigenvalue weighted by atomic mass is 10.1. The quantitative estimate of drug-likeness (QED) is 0.358. The van der Waals surface area contributed by atoms with Crippen molar-refractivity contribution >= 4 is 6.21 Å². The fourth-order valence-corrected chi connectivity index (χ4v) is 1.68. The van der Waals surface area contributed by atoms with Crippen LogP contribution in [-0.4, -0.2) is 13.3 Å². The molecule has 0 saturated carbocycles. The first-order valence-corrected chi connectivity index (χ1v) is 6.32. The molecule has 14 heavy (non-hydrogen) atoms. The minimum atomic E-state index is 1.17. The van der Waals surface area contributed by atoms with E-state index < -0.39 is 0 Å². The highest BCUT2D eigenvalue weighted by Gasteiger charge is 1.90. The van der Waals surface area contributed by atoms with Crippen molar-refractivity contribution in [1.29, 1.82) is 0 Å². The van der Waals surface area contributed by atoms with Crippen molar-refractivity contribution in [2.45, 2.75) is 71.1 Å². The van der Waals surface area contributed by atoms with E-state index in [-0.39, 0.29) is 0 Å². The van der Waals surface area contributed by atoms with Gasteiger partial charge in [-0.3, -0.25) is 0 Å². The molecule has 0 saturated heterocycles. The highest BCUT2D eigenvalue weighted by atomic mass is 14.6. The minimum absolute atomic E-state index is 1.17. The molecule has 0 atom stereocenters. The number of hydrogen-bond acceptors (Lipinski definition) is 1. The maximum absolute atomic E-state index is 3.98. The summed E-state index contributed by atoms with van der Waals surface area (Å²) in [4.78, 5) is 3.98. The van der Waals surface area contributed by atoms with Gasteiger partial charge in [-0.2, -0.15) is 0 Å². The lowest BCUT2D eigenvalue weighted by Crippen LogP contribution is -1.82. The second kappa shape index (κ2) is 12.7. The fourth-order valence-electron chi connectivity index (χ4n) is 1.68. The summed E-state index contributed by atoms with van der Waals surface area (Å²) < 4.78 is 0. The Bertz CT molecular complexity index is 118. The standard InChI is InChI=1S/C13H27N/c1-3-4-5-6-7-8-9-10-11-12-13-14-2/h13H,3-12H2,1-2H3. The fraction of sp³-hybridized carbons (Fsp3) is 0.923. The molecule has 0 aliphatic carbocycles. The molecule has 1 nitrogen and oxygen atoms in total. The van der Waals surface area contributed by atoms with Gasteiger partial charge in [-0.1, -0.05) is 58.3 Å². The monoisotopic (exact) mass is 197 g/mol. The van der Waals surface area contributed by atoms with Crippen molar-refractivity contribution < 1.29 is 0 Å². The van der Waals surface area contributed by atoms with Crippen LogP contribution in [0.15, 0.2) is 4.99 Å². The molecule has 0 aliphatic rings. The molecule has 0 aromatic rings. The molecule has 1 heteroatoms. The summed E-state index contributed by atoms with van der Waals surface area (Å²) in [6.45, 7) is 2.27. The number of hydrogen-bond donors (Lipinski definition) is 0. The Balaban J connectivity index is 2.85. The van der Waals surface area contributed by atoms with Crippen molar-refractivity contribution in [3.8, 4) is 0 Å². The molecule has 0 rings (SSSR count). The largest absolute Gasteiger partial charge is 0.301 e. The van der Waals surface area contributed by atoms with Gasteiger partial charge in [-0.05, 0) is 19.1 Å². The topological polar surface area (TPSA) is 12.4 Å². The third-order valence-electron chi connectivity index (χ3n) is 2.62. The van der Waals surface area contributed by atoms with Gasteiger partial charge >= 0.3 is 0 Å². The van der Waals surface area contributed by atoms with Gasteiger partial charge in [0, 0.05) is 7.05 Å². The van der Waals surface area contributed by atoms with Crippen molar-refractivity contribution in [2.24, 2.45) is 4.99 Å². The lowest BCUT2D eigenvalue weighted by Gasteiger charge is -2.00. The van der Waals surface area contributed by atoms with E-state index in [9.17, 15) is 0 Å². The Morgan fingerprint density at radius 3 is 1.79 bits per heavy atom. The maximum Gasteiger partial charge on any atom is 0.0273 e. The van der Waals surface area contributed by atoms with Crippen LogP contribution in [0.25, 0.3) is 0 Å². The molecule has 0 radical (unpaired) electrons. The summed E-state index contributed by atoms with van der Waals surface area (Å²) in [6, 6.07) is 0. The molecule has 0 aromatic carbocycles. The number of nitrogens with zero attached hydrogens (tertiary/aromatic N) is 1. The van der Waals surface area contributed by atoms with Crippen LogP contribution < -0.4 is 0 Å². The molecule has 0 heterocycles. The summed E-state index contributed by atoms with van der Waals surface area (Å²) in [7, 11) is 1.85. The smallest absolute Gasteiger partial charge is 0.0273 e. The highest BCUT2D eigenvalue weighted by molar-refractivity contribution is 5.56. The zero-order valence-corrected chi connectivity index (χ0v) is 10.1. The molecule has 0 unspecified atom stereocenters. The second-order valence-electron chi connectivity index (χ2n) is 4.06. The van der Waals surface area contributed by atoms with E-state index in [1.54, 1.807) is 0 Å². The zero-order chi connectivity index (χ0) is 10.5. The van der Waals surface area contributed by atoms with E-state index in [1.165, 1.54) is 64.2 Å². The number of rotatable bonds is 10. The minimum Gasteiger partial charge on any atom is -0.301 e. The van der Waals surface area contributed by atoms with Gasteiger partial charge in [-0.25, -0.2) is 0 Å². The Morgan fingerprint density at radius 2 is 1.29 bits per heavy atom. The van der Waals surface area contributed by atoms with Crippen LogP contribution in [-0.2, 0) is 0 Å². The van der Waals surface area contributed by atoms with Crippen molar-refractivity contribution in [3.63, 3.8) is 0 Å². The van der Waals surface area contributed by atoms with Crippen LogP contribution >= 0.6 is 0 Å². The molecule has 0 aliphatic heterocycles. The molecule has 0 spiro atoms. The number of aliphatic imine (C=N–C) groups is 1. The maximum atomic E-state index is 3.98. The van der Waals surface area contributed by atoms with E-state index in [0.717, 1.165) is 0 Å². The molecule has 0 fully saturated rings. The number of unbranched alkanes of at least 4 members (excludes halogenated alkanes) is 9. The SMILES string of the molecule is CCCCCCCCCCCC=NC. The Hall–Kier alpha value is -0.330. The molecule has 0 aromatic heterocycles. The van der Waals surface area contributed by atoms with Crippen LogP contribution in [0.3, 0.4) is 0 Å². The highest BCUT2D eigenvalue weighted by Crippen LogP contribution is 2.09. The van der Waals surface area contributed by atoms with Crippen molar-refractivity contribution in [1.82, 2.24) is 0 Å². The Morgan fingerprint density at radius 1 is 0.786 bits per heavy atom. The average Bonchev–Trinajstić information content (AvgIpc) is 2.21. The van der Waals surface area contributed by atoms with Gasteiger partial charge in [0.15, 0.2) is 0 Å². The predicted molar refractivity (Wildman–Crippen MR) is 66.3 cm³/mol. The normalized spacial score (nSPS) is 11.3. The van der Waals surface area contributed by atoms with Crippen LogP contribution in [0.4, 0.5) is 0 Å². The molecule has 0 amide bonds. The summed E-state index contributed by atoms with van der Waals surface area (Å²) in [5.41, 5.74) is 0. The summed E-state index contributed by atoms with van der Waals surface area (Å²) in [5, 5.41) is 0. The van der Waals surface area contributed by atoms with Crippen LogP contribution in [0, 0.1) is 0 Å². The van der Waals surface area contributed by atoms with E-state index in [2.05, 4.69) is 11.9 Å². The van der Waals surface area contributed by atoms with E-state index in [4.69, 9.17) is 0 Å². The average molecular weight is 197 g/mol. The summed E-state index contributed by atoms with van der Waals surface area (Å²) >= 11 is 0. The van der Waals surface area contributed by atoms with E-state index in [1.807, 2.05) is 13.3 Å². The van der Waals surface area contributed by atoms with Gasteiger partial charge in [0.25, 0.3) is 0 Å². The molecular formula is C13H27N. The first kappa shape index (κ1) is 13.7. The van der Waals surface area contributed by atoms with Gasteiger partial charge < -0.3 is 4.99 Å². The summed E-state index contributed by atoms with van der Waals surface area (Å²) in [6.07, 6.45) is 15.9. The van der Waals surface area contributed by atoms with Gasteiger partial charge in [-0.15, -0.1) is 0 Å². The first-order valence-electron chi connectivity index (χ1n) is 6.32. The van der Waals surface area contributed by atoms with Crippen LogP contribution in [0.1, 0.15) is 71.1 Å².